The van der Waals surface area contributed by atoms with E-state index in [-0.39, 0.29) is 36.7 Å². The van der Waals surface area contributed by atoms with E-state index in [1.807, 2.05) is 6.07 Å². The van der Waals surface area contributed by atoms with Crippen LogP contribution in [0.1, 0.15) is 12.2 Å². The lowest BCUT2D eigenvalue weighted by molar-refractivity contribution is -0.118. The van der Waals surface area contributed by atoms with Gasteiger partial charge in [-0.05, 0) is 30.3 Å². The van der Waals surface area contributed by atoms with Gasteiger partial charge in [-0.15, -0.1) is 0 Å². The topological polar surface area (TPSA) is 101 Å². The Kier molecular flexibility index (Phi) is 6.16. The van der Waals surface area contributed by atoms with E-state index in [1.54, 1.807) is 30.3 Å². The number of nitrogens with zero attached hydrogens (tertiary/aromatic N) is 3. The number of fused-ring (bicyclic) bond motifs is 1. The standard InChI is InChI=1S/C18H15ClN4O3S/c19-12-4-5-14-15(9-12)22-18(27-11-16(24)21-7-2-6-20)23(17(14)25)10-13-3-1-8-26-13/h1,3-5,8-9H,2,7,10-11H2,(H,21,24). The van der Waals surface area contributed by atoms with Gasteiger partial charge >= 0.3 is 0 Å². The van der Waals surface area contributed by atoms with E-state index in [9.17, 15) is 9.59 Å². The maximum absolute atomic E-state index is 12.9. The molecule has 7 nitrogen and oxygen atoms in total. The first-order valence-electron chi connectivity index (χ1n) is 8.07. The Labute approximate surface area is 163 Å². The van der Waals surface area contributed by atoms with Gasteiger partial charge in [-0.1, -0.05) is 23.4 Å². The summed E-state index contributed by atoms with van der Waals surface area (Å²) < 4.78 is 6.82. The normalized spacial score (nSPS) is 10.7. The molecule has 1 N–H and O–H groups in total. The highest BCUT2D eigenvalue weighted by Crippen LogP contribution is 2.21. The summed E-state index contributed by atoms with van der Waals surface area (Å²) in [6.45, 7) is 0.492. The van der Waals surface area contributed by atoms with Crippen molar-refractivity contribution >= 4 is 40.2 Å². The summed E-state index contributed by atoms with van der Waals surface area (Å²) in [5.41, 5.74) is 0.232. The van der Waals surface area contributed by atoms with Crippen LogP contribution in [0.4, 0.5) is 0 Å². The molecule has 0 atom stereocenters. The Morgan fingerprint density at radius 1 is 1.41 bits per heavy atom. The summed E-state index contributed by atoms with van der Waals surface area (Å²) >= 11 is 7.16. The molecular formula is C18H15ClN4O3S. The summed E-state index contributed by atoms with van der Waals surface area (Å²) in [5.74, 6) is 0.440. The second-order valence-corrected chi connectivity index (χ2v) is 6.95. The largest absolute Gasteiger partial charge is 0.467 e. The quantitative estimate of drug-likeness (QED) is 0.370. The van der Waals surface area contributed by atoms with Gasteiger partial charge in [-0.3, -0.25) is 14.2 Å². The number of benzene rings is 1. The Morgan fingerprint density at radius 3 is 3.00 bits per heavy atom. The van der Waals surface area contributed by atoms with Crippen LogP contribution in [0.25, 0.3) is 10.9 Å². The fourth-order valence-corrected chi connectivity index (χ4v) is 3.42. The number of nitriles is 1. The SMILES string of the molecule is N#CCCNC(=O)CSc1nc2cc(Cl)ccc2c(=O)n1Cc1ccco1. The summed E-state index contributed by atoms with van der Waals surface area (Å²) in [7, 11) is 0. The third-order valence-corrected chi connectivity index (χ3v) is 4.88. The molecule has 0 radical (unpaired) electrons. The van der Waals surface area contributed by atoms with E-state index in [0.29, 0.717) is 26.8 Å². The lowest BCUT2D eigenvalue weighted by Gasteiger charge is -2.12. The van der Waals surface area contributed by atoms with Crippen molar-refractivity contribution in [3.63, 3.8) is 0 Å². The molecule has 3 rings (SSSR count). The molecule has 0 fully saturated rings. The van der Waals surface area contributed by atoms with Gasteiger partial charge < -0.3 is 9.73 Å². The first-order valence-corrected chi connectivity index (χ1v) is 9.44. The summed E-state index contributed by atoms with van der Waals surface area (Å²) in [4.78, 5) is 29.4. The highest BCUT2D eigenvalue weighted by Gasteiger charge is 2.15. The lowest BCUT2D eigenvalue weighted by Crippen LogP contribution is -2.27. The van der Waals surface area contributed by atoms with Gasteiger partial charge in [-0.2, -0.15) is 5.26 Å². The predicted molar refractivity (Wildman–Crippen MR) is 103 cm³/mol. The molecule has 27 heavy (non-hydrogen) atoms. The lowest BCUT2D eigenvalue weighted by atomic mass is 10.2. The molecule has 138 valence electrons. The minimum atomic E-state index is -0.236. The van der Waals surface area contributed by atoms with Crippen molar-refractivity contribution in [3.8, 4) is 6.07 Å². The van der Waals surface area contributed by atoms with Crippen molar-refractivity contribution in [1.29, 1.82) is 5.26 Å². The first kappa shape index (κ1) is 19.0. The second-order valence-electron chi connectivity index (χ2n) is 5.57. The van der Waals surface area contributed by atoms with Crippen LogP contribution in [-0.2, 0) is 11.3 Å². The highest BCUT2D eigenvalue weighted by atomic mass is 35.5. The number of halogens is 1. The van der Waals surface area contributed by atoms with Crippen LogP contribution in [0.3, 0.4) is 0 Å². The third-order valence-electron chi connectivity index (χ3n) is 3.67. The number of amides is 1. The molecule has 3 aromatic rings. The monoisotopic (exact) mass is 402 g/mol. The number of hydrogen-bond donors (Lipinski definition) is 1. The summed E-state index contributed by atoms with van der Waals surface area (Å²) in [6, 6.07) is 10.4. The zero-order valence-electron chi connectivity index (χ0n) is 14.1. The van der Waals surface area contributed by atoms with E-state index in [1.165, 1.54) is 10.8 Å². The number of carbonyl (C=O) groups is 1. The average Bonchev–Trinajstić information content (AvgIpc) is 3.16. The number of rotatable bonds is 7. The zero-order valence-corrected chi connectivity index (χ0v) is 15.7. The molecule has 0 aliphatic rings. The fourth-order valence-electron chi connectivity index (χ4n) is 2.42. The first-order chi connectivity index (χ1) is 13.1. The zero-order chi connectivity index (χ0) is 19.2. The maximum atomic E-state index is 12.9. The Morgan fingerprint density at radius 2 is 2.26 bits per heavy atom. The molecule has 0 unspecified atom stereocenters. The predicted octanol–water partition coefficient (Wildman–Crippen LogP) is 2.81. The van der Waals surface area contributed by atoms with Crippen LogP contribution in [0.5, 0.6) is 0 Å². The molecule has 2 heterocycles. The Hall–Kier alpha value is -2.76. The van der Waals surface area contributed by atoms with Gasteiger partial charge in [0.25, 0.3) is 5.56 Å². The molecule has 9 heteroatoms. The number of nitrogens with one attached hydrogen (secondary N) is 1. The molecule has 2 aromatic heterocycles. The molecule has 0 saturated carbocycles. The van der Waals surface area contributed by atoms with Crippen LogP contribution < -0.4 is 10.9 Å². The van der Waals surface area contributed by atoms with Crippen molar-refractivity contribution in [2.24, 2.45) is 0 Å². The number of carbonyl (C=O) groups excluding carboxylic acids is 1. The molecule has 0 spiro atoms. The number of furan rings is 1. The van der Waals surface area contributed by atoms with Gasteiger partial charge in [0, 0.05) is 11.6 Å². The molecule has 0 aliphatic carbocycles. The average molecular weight is 403 g/mol. The summed E-state index contributed by atoms with van der Waals surface area (Å²) in [5, 5.41) is 12.5. The number of aromatic nitrogens is 2. The van der Waals surface area contributed by atoms with E-state index in [0.717, 1.165) is 11.8 Å². The van der Waals surface area contributed by atoms with Crippen LogP contribution in [0, 0.1) is 11.3 Å². The highest BCUT2D eigenvalue weighted by molar-refractivity contribution is 7.99. The minimum Gasteiger partial charge on any atom is -0.467 e. The van der Waals surface area contributed by atoms with Crippen molar-refractivity contribution in [2.75, 3.05) is 12.3 Å². The van der Waals surface area contributed by atoms with Crippen LogP contribution in [0.15, 0.2) is 51.0 Å². The van der Waals surface area contributed by atoms with Crippen LogP contribution in [-0.4, -0.2) is 27.8 Å². The Bertz CT molecular complexity index is 1060. The third kappa shape index (κ3) is 4.70. The van der Waals surface area contributed by atoms with Crippen molar-refractivity contribution < 1.29 is 9.21 Å². The molecule has 0 aliphatic heterocycles. The van der Waals surface area contributed by atoms with Crippen molar-refractivity contribution in [2.45, 2.75) is 18.1 Å². The van der Waals surface area contributed by atoms with Crippen LogP contribution in [0.2, 0.25) is 5.02 Å². The summed E-state index contributed by atoms with van der Waals surface area (Å²) in [6.07, 6.45) is 1.77. The van der Waals surface area contributed by atoms with Gasteiger partial charge in [0.05, 0.1) is 42.0 Å². The van der Waals surface area contributed by atoms with Crippen molar-refractivity contribution in [3.05, 3.63) is 57.7 Å². The van der Waals surface area contributed by atoms with Crippen LogP contribution >= 0.6 is 23.4 Å². The smallest absolute Gasteiger partial charge is 0.262 e. The molecule has 1 amide bonds. The van der Waals surface area contributed by atoms with Gasteiger partial charge in [0.15, 0.2) is 5.16 Å². The van der Waals surface area contributed by atoms with E-state index in [4.69, 9.17) is 21.3 Å². The van der Waals surface area contributed by atoms with E-state index < -0.39 is 0 Å². The maximum Gasteiger partial charge on any atom is 0.262 e. The number of thioether (sulfide) groups is 1. The molecular weight excluding hydrogens is 388 g/mol. The minimum absolute atomic E-state index is 0.0715. The number of hydrogen-bond acceptors (Lipinski definition) is 6. The fraction of sp³-hybridized carbons (Fsp3) is 0.222. The molecule has 0 bridgehead atoms. The molecule has 1 aromatic carbocycles. The molecule has 0 saturated heterocycles. The van der Waals surface area contributed by atoms with E-state index >= 15 is 0 Å². The van der Waals surface area contributed by atoms with Crippen molar-refractivity contribution in [1.82, 2.24) is 14.9 Å². The van der Waals surface area contributed by atoms with Gasteiger partial charge in [-0.25, -0.2) is 4.98 Å². The second kappa shape index (κ2) is 8.75. The van der Waals surface area contributed by atoms with Gasteiger partial charge in [0.1, 0.15) is 5.76 Å². The van der Waals surface area contributed by atoms with E-state index in [2.05, 4.69) is 10.3 Å². The van der Waals surface area contributed by atoms with Gasteiger partial charge in [0.2, 0.25) is 5.91 Å². The Balaban J connectivity index is 1.92.